The largest absolute Gasteiger partial charge is 0.423 e. The average molecular weight is 412 g/mol. The first-order chi connectivity index (χ1) is 14.6. The van der Waals surface area contributed by atoms with Crippen LogP contribution in [0.5, 0.6) is 5.75 Å². The number of benzene rings is 3. The van der Waals surface area contributed by atoms with Crippen molar-refractivity contribution in [3.63, 3.8) is 0 Å². The van der Waals surface area contributed by atoms with E-state index in [9.17, 15) is 4.79 Å². The fourth-order valence-electron chi connectivity index (χ4n) is 4.22. The second-order valence-electron chi connectivity index (χ2n) is 8.32. The Morgan fingerprint density at radius 3 is 1.97 bits per heavy atom. The monoisotopic (exact) mass is 411 g/mol. The highest BCUT2D eigenvalue weighted by Crippen LogP contribution is 2.36. The van der Waals surface area contributed by atoms with Gasteiger partial charge in [-0.3, -0.25) is 0 Å². The van der Waals surface area contributed by atoms with Gasteiger partial charge in [-0.15, -0.1) is 0 Å². The molecule has 3 aromatic rings. The van der Waals surface area contributed by atoms with Gasteiger partial charge in [0.2, 0.25) is 0 Å². The van der Waals surface area contributed by atoms with Crippen molar-refractivity contribution in [2.45, 2.75) is 44.6 Å². The normalized spacial score (nSPS) is 18.7. The van der Waals surface area contributed by atoms with Gasteiger partial charge in [-0.25, -0.2) is 4.79 Å². The van der Waals surface area contributed by atoms with Crippen molar-refractivity contribution in [2.24, 2.45) is 5.92 Å². The first-order valence-corrected chi connectivity index (χ1v) is 11.5. The highest BCUT2D eigenvalue weighted by atomic mass is 28.1. The minimum absolute atomic E-state index is 0.313. The molecule has 151 valence electrons. The van der Waals surface area contributed by atoms with Crippen molar-refractivity contribution < 1.29 is 9.53 Å². The average Bonchev–Trinajstić information content (AvgIpc) is 2.80. The van der Waals surface area contributed by atoms with E-state index in [0.717, 1.165) is 23.1 Å². The maximum Gasteiger partial charge on any atom is 0.343 e. The lowest BCUT2D eigenvalue weighted by molar-refractivity contribution is 0.0734. The Labute approximate surface area is 182 Å². The number of ether oxygens (including phenoxy) is 1. The lowest BCUT2D eigenvalue weighted by Gasteiger charge is -2.28. The molecule has 0 saturated heterocycles. The summed E-state index contributed by atoms with van der Waals surface area (Å²) in [6.07, 6.45) is 5.01. The van der Waals surface area contributed by atoms with Crippen molar-refractivity contribution in [2.75, 3.05) is 0 Å². The summed E-state index contributed by atoms with van der Waals surface area (Å²) in [4.78, 5) is 12.5. The molecule has 0 bridgehead atoms. The van der Waals surface area contributed by atoms with Gasteiger partial charge in [0.15, 0.2) is 0 Å². The molecule has 1 aliphatic rings. The Hall–Kier alpha value is -2.65. The number of carbonyl (C=O) groups is 1. The van der Waals surface area contributed by atoms with Gasteiger partial charge in [0.05, 0.1) is 5.56 Å². The Balaban J connectivity index is 1.37. The molecule has 1 fully saturated rings. The summed E-state index contributed by atoms with van der Waals surface area (Å²) >= 11 is 0. The highest BCUT2D eigenvalue weighted by molar-refractivity contribution is 6.08. The molecule has 0 heterocycles. The summed E-state index contributed by atoms with van der Waals surface area (Å²) in [7, 11) is 3.66. The van der Waals surface area contributed by atoms with Crippen LogP contribution >= 0.6 is 0 Å². The van der Waals surface area contributed by atoms with Gasteiger partial charge >= 0.3 is 5.97 Å². The Bertz CT molecular complexity index is 967. The molecule has 3 heteroatoms. The molecule has 30 heavy (non-hydrogen) atoms. The van der Waals surface area contributed by atoms with Crippen molar-refractivity contribution >= 4 is 16.2 Å². The number of rotatable bonds is 5. The molecule has 0 N–H and O–H groups in total. The molecular weight excluding hydrogens is 384 g/mol. The molecule has 3 radical (unpaired) electrons. The fourth-order valence-corrected chi connectivity index (χ4v) is 4.63. The van der Waals surface area contributed by atoms with Gasteiger partial charge in [-0.1, -0.05) is 73.0 Å². The minimum Gasteiger partial charge on any atom is -0.423 e. The fraction of sp³-hybridized carbons (Fsp3) is 0.296. The van der Waals surface area contributed by atoms with Crippen LogP contribution in [0.1, 0.15) is 53.1 Å². The topological polar surface area (TPSA) is 26.3 Å². The zero-order chi connectivity index (χ0) is 20.9. The van der Waals surface area contributed by atoms with Gasteiger partial charge in [0.1, 0.15) is 5.75 Å². The van der Waals surface area contributed by atoms with E-state index in [1.54, 1.807) is 0 Å². The first kappa shape index (κ1) is 20.6. The summed E-state index contributed by atoms with van der Waals surface area (Å²) in [6.45, 7) is 2.08. The van der Waals surface area contributed by atoms with Crippen LogP contribution in [0.3, 0.4) is 0 Å². The molecule has 3 aromatic carbocycles. The summed E-state index contributed by atoms with van der Waals surface area (Å²) in [5.41, 5.74) is 5.42. The molecule has 0 amide bonds. The van der Waals surface area contributed by atoms with Crippen LogP contribution < -0.4 is 4.74 Å². The van der Waals surface area contributed by atoms with E-state index >= 15 is 0 Å². The lowest BCUT2D eigenvalue weighted by Crippen LogP contribution is -2.13. The number of carbonyl (C=O) groups excluding carboxylic acids is 1. The predicted octanol–water partition coefficient (Wildman–Crippen LogP) is 6.74. The van der Waals surface area contributed by atoms with Crippen LogP contribution in [0.25, 0.3) is 11.1 Å². The maximum atomic E-state index is 12.5. The molecule has 4 rings (SSSR count). The van der Waals surface area contributed by atoms with Crippen LogP contribution in [0.4, 0.5) is 0 Å². The van der Waals surface area contributed by atoms with E-state index < -0.39 is 0 Å². The smallest absolute Gasteiger partial charge is 0.343 e. The van der Waals surface area contributed by atoms with E-state index in [2.05, 4.69) is 53.6 Å². The molecule has 0 atom stereocenters. The minimum atomic E-state index is -0.313. The van der Waals surface area contributed by atoms with E-state index in [1.165, 1.54) is 36.8 Å². The van der Waals surface area contributed by atoms with Crippen LogP contribution in [0.2, 0.25) is 6.04 Å². The molecule has 0 unspecified atom stereocenters. The third kappa shape index (κ3) is 4.90. The molecule has 1 saturated carbocycles. The van der Waals surface area contributed by atoms with Crippen LogP contribution in [-0.2, 0) is 0 Å². The summed E-state index contributed by atoms with van der Waals surface area (Å²) in [5.74, 6) is 1.67. The van der Waals surface area contributed by atoms with Gasteiger partial charge in [0, 0.05) is 10.2 Å². The van der Waals surface area contributed by atoms with E-state index in [0.29, 0.717) is 17.2 Å². The van der Waals surface area contributed by atoms with Gasteiger partial charge in [-0.05, 0) is 72.6 Å². The number of esters is 1. The van der Waals surface area contributed by atoms with Crippen molar-refractivity contribution in [1.29, 1.82) is 0 Å². The van der Waals surface area contributed by atoms with Crippen LogP contribution in [-0.4, -0.2) is 16.2 Å². The third-order valence-electron chi connectivity index (χ3n) is 6.20. The Morgan fingerprint density at radius 2 is 1.40 bits per heavy atom. The third-order valence-corrected chi connectivity index (χ3v) is 6.78. The summed E-state index contributed by atoms with van der Waals surface area (Å²) < 4.78 is 5.58. The molecule has 0 aliphatic heterocycles. The van der Waals surface area contributed by atoms with Crippen molar-refractivity contribution in [3.8, 4) is 16.9 Å². The second-order valence-corrected chi connectivity index (χ2v) is 8.73. The van der Waals surface area contributed by atoms with Crippen molar-refractivity contribution in [3.05, 3.63) is 89.5 Å². The molecule has 0 spiro atoms. The first-order valence-electron chi connectivity index (χ1n) is 10.8. The van der Waals surface area contributed by atoms with E-state index in [-0.39, 0.29) is 5.97 Å². The standard InChI is InChI=1S/C27H27O2Si/c1-19-2-6-21(7-3-19)24-14-16-26(17-15-24)29-27(28)25-12-10-23(11-13-25)22-8-4-20(18-30)5-9-22/h2-3,6-7,10-17,20,22H,4-5,8-9,18H2,1H3. The number of hydrogen-bond donors (Lipinski definition) is 0. The zero-order valence-electron chi connectivity index (χ0n) is 17.4. The second kappa shape index (κ2) is 9.44. The van der Waals surface area contributed by atoms with Gasteiger partial charge < -0.3 is 4.74 Å². The predicted molar refractivity (Wildman–Crippen MR) is 123 cm³/mol. The maximum absolute atomic E-state index is 12.5. The summed E-state index contributed by atoms with van der Waals surface area (Å²) in [5, 5.41) is 0. The van der Waals surface area contributed by atoms with Gasteiger partial charge in [-0.2, -0.15) is 0 Å². The summed E-state index contributed by atoms with van der Waals surface area (Å²) in [6, 6.07) is 25.2. The van der Waals surface area contributed by atoms with E-state index in [1.807, 2.05) is 36.4 Å². The van der Waals surface area contributed by atoms with Crippen LogP contribution in [0.15, 0.2) is 72.8 Å². The number of hydrogen-bond acceptors (Lipinski definition) is 2. The molecule has 1 aliphatic carbocycles. The Morgan fingerprint density at radius 1 is 0.833 bits per heavy atom. The van der Waals surface area contributed by atoms with Gasteiger partial charge in [0.25, 0.3) is 0 Å². The molecule has 2 nitrogen and oxygen atoms in total. The molecule has 0 aromatic heterocycles. The van der Waals surface area contributed by atoms with Crippen LogP contribution in [0, 0.1) is 12.8 Å². The van der Waals surface area contributed by atoms with Crippen molar-refractivity contribution in [1.82, 2.24) is 0 Å². The molecular formula is C27H27O2Si. The zero-order valence-corrected chi connectivity index (χ0v) is 18.4. The lowest BCUT2D eigenvalue weighted by atomic mass is 9.79. The highest BCUT2D eigenvalue weighted by Gasteiger charge is 2.21. The quantitative estimate of drug-likeness (QED) is 0.264. The Kier molecular flexibility index (Phi) is 6.49. The van der Waals surface area contributed by atoms with E-state index in [4.69, 9.17) is 4.74 Å². The SMILES string of the molecule is Cc1ccc(-c2ccc(OC(=O)c3ccc(C4CCC(C[Si])CC4)cc3)cc2)cc1. The number of aryl methyl sites for hydroxylation is 1.